The van der Waals surface area contributed by atoms with Crippen LogP contribution in [-0.2, 0) is 10.2 Å². The predicted octanol–water partition coefficient (Wildman–Crippen LogP) is 1.91. The van der Waals surface area contributed by atoms with Crippen LogP contribution in [0.25, 0.3) is 0 Å². The molecule has 1 aliphatic carbocycles. The summed E-state index contributed by atoms with van der Waals surface area (Å²) in [5.41, 5.74) is 0.466. The number of phenols is 1. The molecule has 1 aromatic rings. The Balaban J connectivity index is 2.40. The molecule has 4 nitrogen and oxygen atoms in total. The van der Waals surface area contributed by atoms with E-state index in [1.165, 1.54) is 7.11 Å². The summed E-state index contributed by atoms with van der Waals surface area (Å²) in [6.45, 7) is 0. The highest BCUT2D eigenvalue weighted by Gasteiger charge is 2.48. The van der Waals surface area contributed by atoms with Gasteiger partial charge in [-0.15, -0.1) is 0 Å². The third-order valence-corrected chi connectivity index (χ3v) is 3.11. The average molecular weight is 222 g/mol. The molecule has 4 heteroatoms. The molecule has 16 heavy (non-hydrogen) atoms. The van der Waals surface area contributed by atoms with Crippen molar-refractivity contribution in [1.29, 1.82) is 0 Å². The first-order chi connectivity index (χ1) is 7.59. The molecule has 2 N–H and O–H groups in total. The number of phenolic OH excluding ortho intramolecular Hbond substituents is 1. The van der Waals surface area contributed by atoms with Gasteiger partial charge in [-0.05, 0) is 18.9 Å². The molecule has 86 valence electrons. The molecule has 0 aromatic heterocycles. The minimum Gasteiger partial charge on any atom is -0.504 e. The lowest BCUT2D eigenvalue weighted by molar-refractivity contribution is -0.137. The van der Waals surface area contributed by atoms with Crippen molar-refractivity contribution in [3.63, 3.8) is 0 Å². The SMILES string of the molecule is COc1c(O)cccc1C1(CC(=O)O)CC1. The quantitative estimate of drug-likeness (QED) is 0.816. The van der Waals surface area contributed by atoms with E-state index >= 15 is 0 Å². The van der Waals surface area contributed by atoms with Crippen LogP contribution in [0.4, 0.5) is 0 Å². The van der Waals surface area contributed by atoms with Crippen molar-refractivity contribution in [3.05, 3.63) is 23.8 Å². The van der Waals surface area contributed by atoms with E-state index in [0.29, 0.717) is 5.75 Å². The van der Waals surface area contributed by atoms with Gasteiger partial charge in [0, 0.05) is 11.0 Å². The van der Waals surface area contributed by atoms with Crippen molar-refractivity contribution in [2.75, 3.05) is 7.11 Å². The number of benzene rings is 1. The van der Waals surface area contributed by atoms with E-state index in [9.17, 15) is 9.90 Å². The molecule has 1 saturated carbocycles. The molecule has 0 bridgehead atoms. The van der Waals surface area contributed by atoms with E-state index in [2.05, 4.69) is 0 Å². The molecule has 0 saturated heterocycles. The smallest absolute Gasteiger partial charge is 0.304 e. The van der Waals surface area contributed by atoms with E-state index in [0.717, 1.165) is 18.4 Å². The topological polar surface area (TPSA) is 66.8 Å². The Labute approximate surface area is 93.5 Å². The van der Waals surface area contributed by atoms with Crippen molar-refractivity contribution >= 4 is 5.97 Å². The van der Waals surface area contributed by atoms with Crippen molar-refractivity contribution in [2.24, 2.45) is 0 Å². The maximum atomic E-state index is 10.8. The predicted molar refractivity (Wildman–Crippen MR) is 57.8 cm³/mol. The first-order valence-electron chi connectivity index (χ1n) is 5.17. The standard InChI is InChI=1S/C12H14O4/c1-16-11-8(3-2-4-9(11)13)12(5-6-12)7-10(14)15/h2-4,13H,5-7H2,1H3,(H,14,15). The van der Waals surface area contributed by atoms with Crippen LogP contribution in [-0.4, -0.2) is 23.3 Å². The molecule has 1 aromatic carbocycles. The normalized spacial score (nSPS) is 16.8. The van der Waals surface area contributed by atoms with Gasteiger partial charge >= 0.3 is 5.97 Å². The molecule has 0 spiro atoms. The fraction of sp³-hybridized carbons (Fsp3) is 0.417. The van der Waals surface area contributed by atoms with Gasteiger partial charge in [-0.3, -0.25) is 4.79 Å². The fourth-order valence-electron chi connectivity index (χ4n) is 2.14. The Morgan fingerprint density at radius 2 is 2.19 bits per heavy atom. The lowest BCUT2D eigenvalue weighted by atomic mass is 9.91. The van der Waals surface area contributed by atoms with Crippen molar-refractivity contribution in [2.45, 2.75) is 24.7 Å². The van der Waals surface area contributed by atoms with Gasteiger partial charge in [-0.2, -0.15) is 0 Å². The van der Waals surface area contributed by atoms with Crippen molar-refractivity contribution < 1.29 is 19.7 Å². The number of hydrogen-bond donors (Lipinski definition) is 2. The van der Waals surface area contributed by atoms with Crippen LogP contribution in [0, 0.1) is 0 Å². The number of carboxylic acid groups (broad SMARTS) is 1. The minimum absolute atomic E-state index is 0.0664. The number of methoxy groups -OCH3 is 1. The first-order valence-corrected chi connectivity index (χ1v) is 5.17. The summed E-state index contributed by atoms with van der Waals surface area (Å²) in [6.07, 6.45) is 1.76. The van der Waals surface area contributed by atoms with Crippen LogP contribution in [0.1, 0.15) is 24.8 Å². The zero-order valence-electron chi connectivity index (χ0n) is 9.06. The lowest BCUT2D eigenvalue weighted by Gasteiger charge is -2.17. The summed E-state index contributed by atoms with van der Waals surface area (Å²) in [4.78, 5) is 10.8. The minimum atomic E-state index is -0.817. The Morgan fingerprint density at radius 1 is 1.50 bits per heavy atom. The highest BCUT2D eigenvalue weighted by molar-refractivity contribution is 5.71. The van der Waals surface area contributed by atoms with Gasteiger partial charge in [-0.25, -0.2) is 0 Å². The largest absolute Gasteiger partial charge is 0.504 e. The number of ether oxygens (including phenoxy) is 1. The van der Waals surface area contributed by atoms with Gasteiger partial charge in [0.15, 0.2) is 11.5 Å². The van der Waals surface area contributed by atoms with Crippen LogP contribution in [0.5, 0.6) is 11.5 Å². The van der Waals surface area contributed by atoms with Crippen molar-refractivity contribution in [3.8, 4) is 11.5 Å². The fourth-order valence-corrected chi connectivity index (χ4v) is 2.14. The van der Waals surface area contributed by atoms with E-state index in [-0.39, 0.29) is 17.6 Å². The number of aromatic hydroxyl groups is 1. The summed E-state index contributed by atoms with van der Waals surface area (Å²) in [7, 11) is 1.48. The molecule has 0 heterocycles. The van der Waals surface area contributed by atoms with E-state index < -0.39 is 5.97 Å². The molecule has 0 amide bonds. The maximum Gasteiger partial charge on any atom is 0.304 e. The molecule has 2 rings (SSSR count). The first kappa shape index (κ1) is 10.8. The Hall–Kier alpha value is -1.71. The number of rotatable bonds is 4. The Morgan fingerprint density at radius 3 is 2.69 bits per heavy atom. The molecule has 0 unspecified atom stereocenters. The molecule has 0 atom stereocenters. The molecule has 1 fully saturated rings. The molecule has 1 aliphatic rings. The van der Waals surface area contributed by atoms with Gasteiger partial charge < -0.3 is 14.9 Å². The van der Waals surface area contributed by atoms with Crippen LogP contribution in [0.15, 0.2) is 18.2 Å². The monoisotopic (exact) mass is 222 g/mol. The second-order valence-electron chi connectivity index (χ2n) is 4.21. The molecule has 0 radical (unpaired) electrons. The summed E-state index contributed by atoms with van der Waals surface area (Å²) in [5, 5.41) is 18.5. The van der Waals surface area contributed by atoms with Gasteiger partial charge in [0.05, 0.1) is 13.5 Å². The zero-order chi connectivity index (χ0) is 11.8. The highest BCUT2D eigenvalue weighted by atomic mass is 16.5. The maximum absolute atomic E-state index is 10.8. The van der Waals surface area contributed by atoms with E-state index in [1.54, 1.807) is 12.1 Å². The number of hydrogen-bond acceptors (Lipinski definition) is 3. The van der Waals surface area contributed by atoms with Crippen LogP contribution in [0.3, 0.4) is 0 Å². The molecular formula is C12H14O4. The average Bonchev–Trinajstić information content (AvgIpc) is 2.97. The van der Waals surface area contributed by atoms with Gasteiger partial charge in [0.2, 0.25) is 0 Å². The molecular weight excluding hydrogens is 208 g/mol. The van der Waals surface area contributed by atoms with Gasteiger partial charge in [0.25, 0.3) is 0 Å². The van der Waals surface area contributed by atoms with Gasteiger partial charge in [0.1, 0.15) is 0 Å². The van der Waals surface area contributed by atoms with Crippen LogP contribution >= 0.6 is 0 Å². The Kier molecular flexibility index (Phi) is 2.50. The molecule has 0 aliphatic heterocycles. The third kappa shape index (κ3) is 1.71. The summed E-state index contributed by atoms with van der Waals surface area (Å²) >= 11 is 0. The summed E-state index contributed by atoms with van der Waals surface area (Å²) < 4.78 is 5.14. The van der Waals surface area contributed by atoms with E-state index in [1.807, 2.05) is 6.07 Å². The zero-order valence-corrected chi connectivity index (χ0v) is 9.06. The summed E-state index contributed by atoms with van der Waals surface area (Å²) in [6, 6.07) is 5.09. The number of carboxylic acids is 1. The third-order valence-electron chi connectivity index (χ3n) is 3.11. The van der Waals surface area contributed by atoms with Crippen LogP contribution < -0.4 is 4.74 Å². The van der Waals surface area contributed by atoms with Crippen molar-refractivity contribution in [1.82, 2.24) is 0 Å². The van der Waals surface area contributed by atoms with Gasteiger partial charge in [-0.1, -0.05) is 12.1 Å². The number of para-hydroxylation sites is 1. The number of aliphatic carboxylic acids is 1. The second kappa shape index (κ2) is 3.70. The second-order valence-corrected chi connectivity index (χ2v) is 4.21. The summed E-state index contributed by atoms with van der Waals surface area (Å²) in [5.74, 6) is -0.346. The highest BCUT2D eigenvalue weighted by Crippen LogP contribution is 2.55. The Bertz CT molecular complexity index is 421. The van der Waals surface area contributed by atoms with Crippen LogP contribution in [0.2, 0.25) is 0 Å². The number of carbonyl (C=O) groups is 1. The lowest BCUT2D eigenvalue weighted by Crippen LogP contribution is -2.14. The van der Waals surface area contributed by atoms with E-state index in [4.69, 9.17) is 9.84 Å².